The molecule has 1 saturated heterocycles. The second kappa shape index (κ2) is 53.0. The van der Waals surface area contributed by atoms with Crippen molar-refractivity contribution in [1.29, 1.82) is 0 Å². The van der Waals surface area contributed by atoms with Gasteiger partial charge in [-0.1, -0.05) is 195 Å². The first-order valence-corrected chi connectivity index (χ1v) is 40.4. The first kappa shape index (κ1) is 98.9. The molecule has 2 unspecified atom stereocenters. The Kier molecular flexibility index (Phi) is 45.6. The van der Waals surface area contributed by atoms with Gasteiger partial charge < -0.3 is 52.5 Å². The number of amides is 2. The van der Waals surface area contributed by atoms with Crippen LogP contribution in [0.5, 0.6) is 17.2 Å². The van der Waals surface area contributed by atoms with E-state index in [2.05, 4.69) is 73.2 Å². The van der Waals surface area contributed by atoms with E-state index in [1.807, 2.05) is 217 Å². The van der Waals surface area contributed by atoms with Crippen LogP contribution < -0.4 is 10.1 Å². The number of benzene rings is 7. The van der Waals surface area contributed by atoms with Crippen molar-refractivity contribution in [3.05, 3.63) is 283 Å². The van der Waals surface area contributed by atoms with Gasteiger partial charge in [0.25, 0.3) is 5.69 Å². The van der Waals surface area contributed by atoms with Crippen LogP contribution in [0.15, 0.2) is 236 Å². The highest BCUT2D eigenvalue weighted by Crippen LogP contribution is 2.34. The summed E-state index contributed by atoms with van der Waals surface area (Å²) in [4.78, 5) is 58.0. The molecule has 2 atom stereocenters. The number of halogens is 2. The lowest BCUT2D eigenvalue weighted by molar-refractivity contribution is -0.384. The molecule has 3 N–H and O–H groups in total. The van der Waals surface area contributed by atoms with Crippen molar-refractivity contribution in [2.24, 2.45) is 0 Å². The predicted molar refractivity (Wildman–Crippen MR) is 464 cm³/mol. The molecule has 1 aliphatic heterocycles. The number of hydrogen-bond donors (Lipinski definition) is 3. The number of nitro groups is 1. The Morgan fingerprint density at radius 2 is 1.08 bits per heavy atom. The molecule has 7 aromatic carbocycles. The molecule has 19 nitrogen and oxygen atoms in total. The number of methoxy groups -OCH3 is 1. The van der Waals surface area contributed by atoms with E-state index in [1.54, 1.807) is 60.5 Å². The Bertz CT molecular complexity index is 4390. The quantitative estimate of drug-likeness (QED) is 0.0262. The second-order valence-corrected chi connectivity index (χ2v) is 29.7. The van der Waals surface area contributed by atoms with Crippen LogP contribution in [0.1, 0.15) is 204 Å². The molecule has 1 aliphatic rings. The number of ether oxygens (including phenoxy) is 5. The number of aryl methyl sites for hydroxylation is 3. The summed E-state index contributed by atoms with van der Waals surface area (Å²) in [5, 5.41) is 32.7. The third-order valence-corrected chi connectivity index (χ3v) is 17.5. The van der Waals surface area contributed by atoms with Gasteiger partial charge in [-0.25, -0.2) is 9.59 Å². The van der Waals surface area contributed by atoms with E-state index < -0.39 is 21.9 Å². The summed E-state index contributed by atoms with van der Waals surface area (Å²) in [5.74, 6) is 5.80. The second-order valence-electron chi connectivity index (χ2n) is 28.5. The van der Waals surface area contributed by atoms with Crippen molar-refractivity contribution in [3.8, 4) is 39.9 Å². The maximum Gasteiger partial charge on any atom is 0.412 e. The maximum absolute atomic E-state index is 12.1. The Hall–Kier alpha value is -10.3. The van der Waals surface area contributed by atoms with Crippen molar-refractivity contribution in [3.63, 3.8) is 0 Å². The molecule has 622 valence electrons. The van der Waals surface area contributed by atoms with E-state index in [-0.39, 0.29) is 47.3 Å². The number of alkyl carbamates (subject to hydrolysis) is 1. The van der Waals surface area contributed by atoms with Crippen molar-refractivity contribution in [1.82, 2.24) is 10.2 Å². The van der Waals surface area contributed by atoms with Crippen LogP contribution in [0.3, 0.4) is 0 Å². The van der Waals surface area contributed by atoms with Crippen LogP contribution in [0.2, 0.25) is 5.02 Å². The highest BCUT2D eigenvalue weighted by molar-refractivity contribution is 9.10. The van der Waals surface area contributed by atoms with E-state index in [0.29, 0.717) is 42.1 Å². The highest BCUT2D eigenvalue weighted by Gasteiger charge is 2.45. The summed E-state index contributed by atoms with van der Waals surface area (Å²) in [6.07, 6.45) is 7.58. The van der Waals surface area contributed by atoms with E-state index in [0.717, 1.165) is 120 Å². The molecule has 3 aromatic heterocycles. The van der Waals surface area contributed by atoms with Gasteiger partial charge in [-0.3, -0.25) is 24.6 Å². The minimum Gasteiger partial charge on any atom is -0.508 e. The average Bonchev–Trinajstić information content (AvgIpc) is 1.66. The van der Waals surface area contributed by atoms with E-state index in [1.165, 1.54) is 29.3 Å². The molecule has 2 amide bonds. The number of nitrogens with zero attached hydrogens (tertiary/aromatic N) is 2. The summed E-state index contributed by atoms with van der Waals surface area (Å²) in [5.41, 5.74) is 4.87. The van der Waals surface area contributed by atoms with Crippen LogP contribution in [0.25, 0.3) is 22.6 Å². The summed E-state index contributed by atoms with van der Waals surface area (Å²) < 4.78 is 43.8. The first-order chi connectivity index (χ1) is 54.7. The number of furan rings is 3. The number of para-hydroxylation sites is 1. The molecule has 4 heterocycles. The number of Topliss-reactive ketones (excluding diaryl/α,β-unsaturated/α-hetero) is 2. The Labute approximate surface area is 695 Å². The molecule has 0 bridgehead atoms. The van der Waals surface area contributed by atoms with Gasteiger partial charge in [-0.15, -0.1) is 0 Å². The summed E-state index contributed by atoms with van der Waals surface area (Å²) in [7, 11) is 1.61. The molecular formula is C94H121BrClN3O16. The number of hydrogen-bond acceptors (Lipinski definition) is 16. The number of rotatable bonds is 21. The highest BCUT2D eigenvalue weighted by atomic mass is 79.9. The van der Waals surface area contributed by atoms with Gasteiger partial charge in [0.1, 0.15) is 63.0 Å². The standard InChI is InChI=1S/C15H23NO2.C12H11ClO.C12H11NO3.C12H23NO3.C10H14O.C9H12O2.C9H10O2.C9H10O.C6H7BrO/c1-5-13(11-12-9-7-6-8-10-12)16-14(17)18-15(2,3)4;1-2-9-7-8-12(14-9)10-5-3-4-6-11(10)13;1-2-9-7-8-12(16-9)10-5-3-4-6-11(10)13(14)15;1-7-9-8-15-12(5,6)13(9)10(14)16-11(2,3)4;1-2-8-11-9-10-6-4-3-5-7-10;1-3-7-8(10)5-4-6-9(7)11-2;1-2-9(11)7-3-5-8(10)6-4-7;1-2-9(10)8-6-4-3-5-7-8;1-2-5-3-4-6(7)8-5/h6-10,13H,5,11H2,1-4H3,(H,16,17);3-8H,2H2,1H3;3-8H,2H2,1H3;9H,7-8H2,1-6H3;3-7H,2,8-9H2,1H3;4-6,10H,3H2,1-2H3;3-6,10H,2H2,1H3;3-7H,2H2,1H3;3-4H,2H2,1H3. The number of phenolic OH excluding ortho intramolecular Hbond substituents is 2. The van der Waals surface area contributed by atoms with E-state index in [9.17, 15) is 34.4 Å². The molecule has 1 fully saturated rings. The van der Waals surface area contributed by atoms with E-state index in [4.69, 9.17) is 53.6 Å². The monoisotopic (exact) mass is 1660 g/mol. The van der Waals surface area contributed by atoms with Crippen molar-refractivity contribution in [2.75, 3.05) is 20.3 Å². The third-order valence-electron chi connectivity index (χ3n) is 16.7. The topological polar surface area (TPSA) is 253 Å². The number of nitro benzene ring substituents is 1. The van der Waals surface area contributed by atoms with Crippen LogP contribution in [-0.4, -0.2) is 93.1 Å². The number of phenols is 2. The fourth-order valence-corrected chi connectivity index (χ4v) is 11.3. The number of carbonyl (C=O) groups is 4. The molecular weight excluding hydrogens is 1540 g/mol. The van der Waals surface area contributed by atoms with Gasteiger partial charge in [-0.05, 0) is 206 Å². The number of nitrogens with one attached hydrogen (secondary N) is 1. The zero-order valence-electron chi connectivity index (χ0n) is 70.4. The summed E-state index contributed by atoms with van der Waals surface area (Å²) >= 11 is 9.26. The lowest BCUT2D eigenvalue weighted by Gasteiger charge is -2.34. The third kappa shape index (κ3) is 38.2. The predicted octanol–water partition coefficient (Wildman–Crippen LogP) is 25.3. The maximum atomic E-state index is 12.1. The molecule has 21 heteroatoms. The van der Waals surface area contributed by atoms with Gasteiger partial charge in [0.2, 0.25) is 0 Å². The number of ketones is 2. The zero-order chi connectivity index (χ0) is 85.5. The average molecular weight is 1660 g/mol. The Balaban J connectivity index is 0.000000338. The molecule has 11 rings (SSSR count). The Morgan fingerprint density at radius 1 is 0.591 bits per heavy atom. The van der Waals surface area contributed by atoms with Crippen LogP contribution in [-0.2, 0) is 57.7 Å². The summed E-state index contributed by atoms with van der Waals surface area (Å²) in [6.45, 7) is 35.2. The number of carbonyl (C=O) groups excluding carboxylic acids is 4. The smallest absolute Gasteiger partial charge is 0.412 e. The molecule has 0 saturated carbocycles. The largest absolute Gasteiger partial charge is 0.508 e. The van der Waals surface area contributed by atoms with Crippen molar-refractivity contribution in [2.45, 2.75) is 218 Å². The fraction of sp³-hybridized carbons (Fsp3) is 0.383. The molecule has 0 spiro atoms. The molecule has 0 aliphatic carbocycles. The molecule has 115 heavy (non-hydrogen) atoms. The lowest BCUT2D eigenvalue weighted by Crippen LogP contribution is -2.49. The Morgan fingerprint density at radius 3 is 1.52 bits per heavy atom. The van der Waals surface area contributed by atoms with Crippen LogP contribution in [0.4, 0.5) is 15.3 Å². The first-order valence-electron chi connectivity index (χ1n) is 39.2. The van der Waals surface area contributed by atoms with Gasteiger partial charge in [0, 0.05) is 73.1 Å². The molecule has 0 radical (unpaired) electrons. The normalized spacial score (nSPS) is 12.4. The lowest BCUT2D eigenvalue weighted by atomic mass is 10.0. The fourth-order valence-electron chi connectivity index (χ4n) is 10.7. The van der Waals surface area contributed by atoms with Gasteiger partial charge >= 0.3 is 12.2 Å². The van der Waals surface area contributed by atoms with Gasteiger partial charge in [0.15, 0.2) is 16.2 Å². The minimum absolute atomic E-state index is 0.0690. The van der Waals surface area contributed by atoms with Crippen molar-refractivity contribution < 1.29 is 71.3 Å². The van der Waals surface area contributed by atoms with Crippen LogP contribution >= 0.6 is 27.5 Å². The summed E-state index contributed by atoms with van der Waals surface area (Å²) in [6, 6.07) is 67.2. The van der Waals surface area contributed by atoms with Gasteiger partial charge in [-0.2, -0.15) is 0 Å². The SMILES string of the molecule is CCC(=O)c1ccc(O)cc1.CCC(=O)c1ccccc1.CCC(Cc1ccccc1)NC(=O)OC(C)(C)C.CCC1COC(C)(C)N1C(=O)OC(C)(C)C.CCCOCc1ccccc1.CCc1c(O)cccc1OC.CCc1ccc(-c2ccccc2Cl)o1.CCc1ccc(-c2ccccc2[N+](=O)[O-])o1.CCc1ccc(Br)o1. The van der Waals surface area contributed by atoms with Crippen molar-refractivity contribution >= 4 is 57.0 Å². The number of aromatic hydroxyl groups is 2. The van der Waals surface area contributed by atoms with Gasteiger partial charge in [0.05, 0.1) is 41.9 Å². The molecule has 10 aromatic rings. The zero-order valence-corrected chi connectivity index (χ0v) is 72.7. The van der Waals surface area contributed by atoms with E-state index >= 15 is 0 Å². The minimum atomic E-state index is -0.566. The van der Waals surface area contributed by atoms with Crippen LogP contribution in [0, 0.1) is 10.1 Å².